The quantitative estimate of drug-likeness (QED) is 0.385. The summed E-state index contributed by atoms with van der Waals surface area (Å²) < 4.78 is 12.3. The number of hydrogen-bond acceptors (Lipinski definition) is 7. The van der Waals surface area contributed by atoms with E-state index in [0.717, 1.165) is 30.0 Å². The van der Waals surface area contributed by atoms with Crippen molar-refractivity contribution >= 4 is 17.3 Å². The molecule has 3 aromatic heterocycles. The molecule has 0 saturated heterocycles. The summed E-state index contributed by atoms with van der Waals surface area (Å²) in [5, 5.41) is 4.42. The lowest BCUT2D eigenvalue weighted by Crippen LogP contribution is -2.26. The van der Waals surface area contributed by atoms with Crippen LogP contribution in [0.4, 0.5) is 11.6 Å². The molecule has 0 aliphatic heterocycles. The SMILES string of the molecule is COCCN(Cc1ccccc1)c1cccc(-c2cc3nc(-c4ccco4)nn3c(N)n2)c1. The zero-order valence-electron chi connectivity index (χ0n) is 18.3. The summed E-state index contributed by atoms with van der Waals surface area (Å²) in [6.07, 6.45) is 1.59. The summed E-state index contributed by atoms with van der Waals surface area (Å²) in [6, 6.07) is 24.1. The molecule has 0 saturated carbocycles. The van der Waals surface area contributed by atoms with Crippen molar-refractivity contribution < 1.29 is 9.15 Å². The maximum absolute atomic E-state index is 6.22. The smallest absolute Gasteiger partial charge is 0.223 e. The Labute approximate surface area is 191 Å². The molecule has 33 heavy (non-hydrogen) atoms. The van der Waals surface area contributed by atoms with Crippen molar-refractivity contribution in [1.29, 1.82) is 0 Å². The minimum atomic E-state index is 0.263. The van der Waals surface area contributed by atoms with Crippen molar-refractivity contribution in [1.82, 2.24) is 19.6 Å². The lowest BCUT2D eigenvalue weighted by Gasteiger charge is -2.25. The van der Waals surface area contributed by atoms with Crippen LogP contribution in [0.2, 0.25) is 0 Å². The van der Waals surface area contributed by atoms with Crippen LogP contribution in [0.5, 0.6) is 0 Å². The molecule has 0 unspecified atom stereocenters. The Morgan fingerprint density at radius 3 is 2.67 bits per heavy atom. The molecule has 0 fully saturated rings. The molecular weight excluding hydrogens is 416 g/mol. The first kappa shape index (κ1) is 20.7. The predicted octanol–water partition coefficient (Wildman–Crippen LogP) is 4.29. The van der Waals surface area contributed by atoms with Gasteiger partial charge in [0, 0.05) is 37.5 Å². The van der Waals surface area contributed by atoms with Crippen LogP contribution in [0, 0.1) is 0 Å². The number of benzene rings is 2. The predicted molar refractivity (Wildman–Crippen MR) is 128 cm³/mol. The number of furan rings is 1. The van der Waals surface area contributed by atoms with Crippen LogP contribution in [0.25, 0.3) is 28.5 Å². The number of methoxy groups -OCH3 is 1. The molecule has 0 amide bonds. The van der Waals surface area contributed by atoms with E-state index < -0.39 is 0 Å². The number of fused-ring (bicyclic) bond motifs is 1. The number of hydrogen-bond donors (Lipinski definition) is 1. The number of aromatic nitrogens is 4. The Morgan fingerprint density at radius 1 is 1.00 bits per heavy atom. The zero-order valence-corrected chi connectivity index (χ0v) is 18.3. The van der Waals surface area contributed by atoms with E-state index in [9.17, 15) is 0 Å². The van der Waals surface area contributed by atoms with Gasteiger partial charge in [-0.3, -0.25) is 0 Å². The maximum Gasteiger partial charge on any atom is 0.223 e. The van der Waals surface area contributed by atoms with Crippen molar-refractivity contribution in [2.24, 2.45) is 0 Å². The van der Waals surface area contributed by atoms with E-state index >= 15 is 0 Å². The minimum absolute atomic E-state index is 0.263. The minimum Gasteiger partial charge on any atom is -0.461 e. The highest BCUT2D eigenvalue weighted by Gasteiger charge is 2.14. The number of nitrogens with two attached hydrogens (primary N) is 1. The van der Waals surface area contributed by atoms with Crippen molar-refractivity contribution in [3.05, 3.63) is 84.6 Å². The van der Waals surface area contributed by atoms with Gasteiger partial charge in [0.15, 0.2) is 11.4 Å². The fourth-order valence-electron chi connectivity index (χ4n) is 3.74. The van der Waals surface area contributed by atoms with Gasteiger partial charge in [-0.05, 0) is 29.8 Å². The zero-order chi connectivity index (χ0) is 22.6. The Morgan fingerprint density at radius 2 is 1.88 bits per heavy atom. The summed E-state index contributed by atoms with van der Waals surface area (Å²) in [5.41, 5.74) is 10.8. The molecule has 8 heteroatoms. The van der Waals surface area contributed by atoms with Crippen LogP contribution in [-0.2, 0) is 11.3 Å². The fourth-order valence-corrected chi connectivity index (χ4v) is 3.74. The topological polar surface area (TPSA) is 94.7 Å². The third kappa shape index (κ3) is 4.42. The molecule has 2 N–H and O–H groups in total. The molecule has 0 bridgehead atoms. The van der Waals surface area contributed by atoms with Crippen molar-refractivity contribution in [2.75, 3.05) is 30.9 Å². The van der Waals surface area contributed by atoms with Crippen molar-refractivity contribution in [2.45, 2.75) is 6.54 Å². The largest absolute Gasteiger partial charge is 0.461 e. The van der Waals surface area contributed by atoms with Gasteiger partial charge in [0.05, 0.1) is 18.6 Å². The molecule has 0 aliphatic carbocycles. The lowest BCUT2D eigenvalue weighted by molar-refractivity contribution is 0.205. The molecule has 3 heterocycles. The molecule has 2 aromatic carbocycles. The average Bonchev–Trinajstić information content (AvgIpc) is 3.53. The molecule has 5 rings (SSSR count). The van der Waals surface area contributed by atoms with Crippen LogP contribution in [0.3, 0.4) is 0 Å². The van der Waals surface area contributed by atoms with Gasteiger partial charge in [-0.25, -0.2) is 9.97 Å². The molecule has 0 atom stereocenters. The Hall–Kier alpha value is -4.17. The van der Waals surface area contributed by atoms with E-state index in [4.69, 9.17) is 14.9 Å². The first-order valence-corrected chi connectivity index (χ1v) is 10.7. The van der Waals surface area contributed by atoms with E-state index in [1.54, 1.807) is 19.4 Å². The monoisotopic (exact) mass is 440 g/mol. The average molecular weight is 441 g/mol. The first-order chi connectivity index (χ1) is 16.2. The van der Waals surface area contributed by atoms with Crippen LogP contribution in [-0.4, -0.2) is 39.8 Å². The molecule has 8 nitrogen and oxygen atoms in total. The van der Waals surface area contributed by atoms with Crippen LogP contribution < -0.4 is 10.6 Å². The van der Waals surface area contributed by atoms with Gasteiger partial charge in [-0.15, -0.1) is 5.10 Å². The summed E-state index contributed by atoms with van der Waals surface area (Å²) in [6.45, 7) is 2.17. The number of nitrogens with zero attached hydrogens (tertiary/aromatic N) is 5. The number of anilines is 2. The fraction of sp³-hybridized carbons (Fsp3) is 0.160. The second-order valence-electron chi connectivity index (χ2n) is 7.63. The summed E-state index contributed by atoms with van der Waals surface area (Å²) in [5.74, 6) is 1.31. The third-order valence-electron chi connectivity index (χ3n) is 5.38. The van der Waals surface area contributed by atoms with Crippen molar-refractivity contribution in [3.63, 3.8) is 0 Å². The first-order valence-electron chi connectivity index (χ1n) is 10.7. The summed E-state index contributed by atoms with van der Waals surface area (Å²) in [4.78, 5) is 11.4. The van der Waals surface area contributed by atoms with Gasteiger partial charge < -0.3 is 19.8 Å². The molecular formula is C25H24N6O2. The van der Waals surface area contributed by atoms with Gasteiger partial charge in [-0.1, -0.05) is 42.5 Å². The van der Waals surface area contributed by atoms with Gasteiger partial charge in [0.2, 0.25) is 11.8 Å². The van der Waals surface area contributed by atoms with E-state index in [0.29, 0.717) is 23.8 Å². The Kier molecular flexibility index (Phi) is 5.73. The molecule has 5 aromatic rings. The van der Waals surface area contributed by atoms with Crippen LogP contribution >= 0.6 is 0 Å². The van der Waals surface area contributed by atoms with Crippen molar-refractivity contribution in [3.8, 4) is 22.8 Å². The van der Waals surface area contributed by atoms with E-state index in [1.165, 1.54) is 10.1 Å². The van der Waals surface area contributed by atoms with Gasteiger partial charge in [-0.2, -0.15) is 4.52 Å². The summed E-state index contributed by atoms with van der Waals surface area (Å²) in [7, 11) is 1.72. The highest BCUT2D eigenvalue weighted by Crippen LogP contribution is 2.27. The van der Waals surface area contributed by atoms with Gasteiger partial charge >= 0.3 is 0 Å². The number of rotatable bonds is 8. The van der Waals surface area contributed by atoms with E-state index in [-0.39, 0.29) is 5.95 Å². The lowest BCUT2D eigenvalue weighted by atomic mass is 10.1. The highest BCUT2D eigenvalue weighted by atomic mass is 16.5. The highest BCUT2D eigenvalue weighted by molar-refractivity contribution is 5.70. The second kappa shape index (κ2) is 9.13. The molecule has 0 spiro atoms. The van der Waals surface area contributed by atoms with E-state index in [1.807, 2.05) is 30.3 Å². The molecule has 0 aliphatic rings. The van der Waals surface area contributed by atoms with E-state index in [2.05, 4.69) is 56.4 Å². The second-order valence-corrected chi connectivity index (χ2v) is 7.63. The van der Waals surface area contributed by atoms with Crippen LogP contribution in [0.15, 0.2) is 83.5 Å². The number of nitrogen functional groups attached to an aromatic ring is 1. The maximum atomic E-state index is 6.22. The summed E-state index contributed by atoms with van der Waals surface area (Å²) >= 11 is 0. The number of ether oxygens (including phenoxy) is 1. The van der Waals surface area contributed by atoms with Gasteiger partial charge in [0.1, 0.15) is 0 Å². The standard InChI is InChI=1S/C25H24N6O2/c1-32-14-12-30(17-18-7-3-2-4-8-18)20-10-5-9-19(15-20)21-16-23-28-24(22-11-6-13-33-22)29-31(23)25(26)27-21/h2-11,13,15-16H,12,14,17H2,1H3,(H2,26,27). The van der Waals surface area contributed by atoms with Gasteiger partial charge in [0.25, 0.3) is 0 Å². The molecule has 166 valence electrons. The molecule has 0 radical (unpaired) electrons. The Bertz CT molecular complexity index is 1350. The third-order valence-corrected chi connectivity index (χ3v) is 5.38. The normalized spacial score (nSPS) is 11.2. The van der Waals surface area contributed by atoms with Crippen LogP contribution in [0.1, 0.15) is 5.56 Å². The Balaban J connectivity index is 1.49.